The van der Waals surface area contributed by atoms with E-state index < -0.39 is 0 Å². The Morgan fingerprint density at radius 2 is 2.41 bits per heavy atom. The van der Waals surface area contributed by atoms with Gasteiger partial charge < -0.3 is 15.8 Å². The zero-order valence-corrected chi connectivity index (χ0v) is 10.3. The van der Waals surface area contributed by atoms with Gasteiger partial charge in [-0.3, -0.25) is 0 Å². The molecular weight excluding hydrogens is 216 g/mol. The summed E-state index contributed by atoms with van der Waals surface area (Å²) in [6, 6.07) is 0. The van der Waals surface area contributed by atoms with Crippen LogP contribution in [0.3, 0.4) is 0 Å². The largest absolute Gasteiger partial charge is 0.383 e. The normalized spacial score (nSPS) is 20.2. The number of hydrogen-bond donors (Lipinski definition) is 2. The number of nitrogen functional groups attached to an aromatic ring is 1. The molecule has 0 amide bonds. The Labute approximate surface area is 102 Å². The maximum Gasteiger partial charge on any atom is 0.134 e. The van der Waals surface area contributed by atoms with Crippen LogP contribution in [0.15, 0.2) is 6.33 Å². The minimum Gasteiger partial charge on any atom is -0.383 e. The Morgan fingerprint density at radius 1 is 1.53 bits per heavy atom. The average molecular weight is 236 g/mol. The Hall–Kier alpha value is -1.36. The van der Waals surface area contributed by atoms with Crippen molar-refractivity contribution in [2.24, 2.45) is 5.92 Å². The average Bonchev–Trinajstić information content (AvgIpc) is 2.37. The molecule has 3 N–H and O–H groups in total. The van der Waals surface area contributed by atoms with Crippen molar-refractivity contribution in [1.29, 1.82) is 0 Å². The number of rotatable bonds is 4. The fraction of sp³-hybridized carbons (Fsp3) is 0.667. The molecule has 1 atom stereocenters. The number of anilines is 2. The van der Waals surface area contributed by atoms with Gasteiger partial charge in [0.25, 0.3) is 0 Å². The fourth-order valence-corrected chi connectivity index (χ4v) is 2.14. The van der Waals surface area contributed by atoms with Gasteiger partial charge in [-0.25, -0.2) is 9.97 Å². The number of aromatic nitrogens is 2. The summed E-state index contributed by atoms with van der Waals surface area (Å²) in [6.45, 7) is 4.69. The molecule has 2 rings (SSSR count). The van der Waals surface area contributed by atoms with E-state index in [9.17, 15) is 0 Å². The quantitative estimate of drug-likeness (QED) is 0.828. The highest BCUT2D eigenvalue weighted by atomic mass is 16.5. The molecule has 0 radical (unpaired) electrons. The standard InChI is InChI=1S/C12H20N4O/c1-2-10-11(13)15-8-16-12(10)14-6-9-4-3-5-17-7-9/h8-9H,2-7H2,1H3,(H3,13,14,15,16). The van der Waals surface area contributed by atoms with Crippen molar-refractivity contribution < 1.29 is 4.74 Å². The van der Waals surface area contributed by atoms with Crippen molar-refractivity contribution in [3.05, 3.63) is 11.9 Å². The molecule has 1 aromatic heterocycles. The molecule has 0 saturated carbocycles. The van der Waals surface area contributed by atoms with Gasteiger partial charge in [-0.1, -0.05) is 6.92 Å². The highest BCUT2D eigenvalue weighted by Gasteiger charge is 2.15. The third kappa shape index (κ3) is 3.06. The van der Waals surface area contributed by atoms with Gasteiger partial charge in [-0.05, 0) is 25.2 Å². The molecule has 5 nitrogen and oxygen atoms in total. The molecule has 1 aliphatic heterocycles. The molecule has 94 valence electrons. The SMILES string of the molecule is CCc1c(N)ncnc1NCC1CCCOC1. The van der Waals surface area contributed by atoms with Gasteiger partial charge in [0.1, 0.15) is 18.0 Å². The predicted molar refractivity (Wildman–Crippen MR) is 67.9 cm³/mol. The lowest BCUT2D eigenvalue weighted by Gasteiger charge is -2.23. The Morgan fingerprint density at radius 3 is 3.12 bits per heavy atom. The molecule has 1 unspecified atom stereocenters. The van der Waals surface area contributed by atoms with Crippen molar-refractivity contribution in [3.63, 3.8) is 0 Å². The summed E-state index contributed by atoms with van der Waals surface area (Å²) >= 11 is 0. The van der Waals surface area contributed by atoms with Crippen LogP contribution in [0.2, 0.25) is 0 Å². The van der Waals surface area contributed by atoms with Crippen molar-refractivity contribution in [2.45, 2.75) is 26.2 Å². The summed E-state index contributed by atoms with van der Waals surface area (Å²) < 4.78 is 5.45. The first-order valence-electron chi connectivity index (χ1n) is 6.22. The van der Waals surface area contributed by atoms with E-state index in [-0.39, 0.29) is 0 Å². The Balaban J connectivity index is 1.95. The van der Waals surface area contributed by atoms with E-state index >= 15 is 0 Å². The van der Waals surface area contributed by atoms with Gasteiger partial charge in [0.15, 0.2) is 0 Å². The number of hydrogen-bond acceptors (Lipinski definition) is 5. The maximum atomic E-state index is 5.82. The number of nitrogens with two attached hydrogens (primary N) is 1. The minimum absolute atomic E-state index is 0.574. The molecule has 1 aromatic rings. The summed E-state index contributed by atoms with van der Waals surface area (Å²) in [6.07, 6.45) is 4.72. The highest BCUT2D eigenvalue weighted by Crippen LogP contribution is 2.19. The smallest absolute Gasteiger partial charge is 0.134 e. The van der Waals surface area contributed by atoms with Crippen molar-refractivity contribution in [1.82, 2.24) is 9.97 Å². The van der Waals surface area contributed by atoms with Crippen LogP contribution in [0, 0.1) is 5.92 Å². The van der Waals surface area contributed by atoms with Crippen molar-refractivity contribution >= 4 is 11.6 Å². The second kappa shape index (κ2) is 5.82. The van der Waals surface area contributed by atoms with Crippen LogP contribution in [-0.2, 0) is 11.2 Å². The topological polar surface area (TPSA) is 73.1 Å². The van der Waals surface area contributed by atoms with Crippen LogP contribution < -0.4 is 11.1 Å². The van der Waals surface area contributed by atoms with Crippen LogP contribution in [-0.4, -0.2) is 29.7 Å². The summed E-state index contributed by atoms with van der Waals surface area (Å²) in [5.41, 5.74) is 6.83. The van der Waals surface area contributed by atoms with Crippen LogP contribution >= 0.6 is 0 Å². The number of nitrogens with zero attached hydrogens (tertiary/aromatic N) is 2. The van der Waals surface area contributed by atoms with E-state index in [1.165, 1.54) is 12.7 Å². The summed E-state index contributed by atoms with van der Waals surface area (Å²) in [5, 5.41) is 3.36. The zero-order valence-electron chi connectivity index (χ0n) is 10.3. The fourth-order valence-electron chi connectivity index (χ4n) is 2.14. The van der Waals surface area contributed by atoms with Gasteiger partial charge in [0, 0.05) is 18.7 Å². The molecule has 1 aliphatic rings. The van der Waals surface area contributed by atoms with E-state index in [4.69, 9.17) is 10.5 Å². The lowest BCUT2D eigenvalue weighted by atomic mass is 10.0. The molecule has 1 saturated heterocycles. The molecule has 0 bridgehead atoms. The van der Waals surface area contributed by atoms with Crippen LogP contribution in [0.1, 0.15) is 25.3 Å². The molecule has 0 aliphatic carbocycles. The van der Waals surface area contributed by atoms with Gasteiger partial charge in [0.05, 0.1) is 6.61 Å². The molecular formula is C12H20N4O. The lowest BCUT2D eigenvalue weighted by Crippen LogP contribution is -2.25. The summed E-state index contributed by atoms with van der Waals surface area (Å²) in [7, 11) is 0. The summed E-state index contributed by atoms with van der Waals surface area (Å²) in [5.74, 6) is 2.01. The molecule has 0 spiro atoms. The second-order valence-electron chi connectivity index (χ2n) is 4.40. The van der Waals surface area contributed by atoms with Gasteiger partial charge in [0.2, 0.25) is 0 Å². The maximum absolute atomic E-state index is 5.82. The van der Waals surface area contributed by atoms with Gasteiger partial charge >= 0.3 is 0 Å². The summed E-state index contributed by atoms with van der Waals surface area (Å²) in [4.78, 5) is 8.26. The first-order valence-corrected chi connectivity index (χ1v) is 6.22. The van der Waals surface area contributed by atoms with E-state index in [2.05, 4.69) is 22.2 Å². The number of ether oxygens (including phenoxy) is 1. The van der Waals surface area contributed by atoms with Crippen molar-refractivity contribution in [2.75, 3.05) is 30.8 Å². The molecule has 17 heavy (non-hydrogen) atoms. The Bertz CT molecular complexity index is 364. The van der Waals surface area contributed by atoms with Crippen molar-refractivity contribution in [3.8, 4) is 0 Å². The van der Waals surface area contributed by atoms with E-state index in [0.29, 0.717) is 11.7 Å². The lowest BCUT2D eigenvalue weighted by molar-refractivity contribution is 0.0595. The minimum atomic E-state index is 0.574. The van der Waals surface area contributed by atoms with Gasteiger partial charge in [-0.15, -0.1) is 0 Å². The second-order valence-corrected chi connectivity index (χ2v) is 4.40. The van der Waals surface area contributed by atoms with Gasteiger partial charge in [-0.2, -0.15) is 0 Å². The van der Waals surface area contributed by atoms with Crippen LogP contribution in [0.5, 0.6) is 0 Å². The Kier molecular flexibility index (Phi) is 4.14. The highest BCUT2D eigenvalue weighted by molar-refractivity contribution is 5.54. The zero-order chi connectivity index (χ0) is 12.1. The third-order valence-corrected chi connectivity index (χ3v) is 3.15. The molecule has 0 aromatic carbocycles. The third-order valence-electron chi connectivity index (χ3n) is 3.15. The monoisotopic (exact) mass is 236 g/mol. The van der Waals surface area contributed by atoms with Crippen LogP contribution in [0.25, 0.3) is 0 Å². The molecule has 5 heteroatoms. The van der Waals surface area contributed by atoms with E-state index in [0.717, 1.165) is 44.0 Å². The van der Waals surface area contributed by atoms with Crippen LogP contribution in [0.4, 0.5) is 11.6 Å². The molecule has 1 fully saturated rings. The molecule has 2 heterocycles. The number of nitrogens with one attached hydrogen (secondary N) is 1. The van der Waals surface area contributed by atoms with E-state index in [1.54, 1.807) is 0 Å². The first-order chi connectivity index (χ1) is 8.31. The van der Waals surface area contributed by atoms with E-state index in [1.807, 2.05) is 0 Å². The first kappa shape index (κ1) is 12.1. The predicted octanol–water partition coefficient (Wildman–Crippen LogP) is 1.46.